The Morgan fingerprint density at radius 3 is 2.80 bits per heavy atom. The van der Waals surface area contributed by atoms with E-state index in [1.807, 2.05) is 0 Å². The van der Waals surface area contributed by atoms with Crippen LogP contribution in [0.25, 0.3) is 0 Å². The molecule has 0 spiro atoms. The van der Waals surface area contributed by atoms with Crippen LogP contribution in [-0.4, -0.2) is 10.2 Å². The van der Waals surface area contributed by atoms with Gasteiger partial charge in [0.1, 0.15) is 6.61 Å². The summed E-state index contributed by atoms with van der Waals surface area (Å²) in [5, 5.41) is 7.98. The number of para-hydroxylation sites is 1. The Bertz CT molecular complexity index is 463. The first-order valence-corrected chi connectivity index (χ1v) is 5.30. The molecule has 6 heteroatoms. The molecule has 0 fully saturated rings. The van der Waals surface area contributed by atoms with Crippen LogP contribution in [0.3, 0.4) is 0 Å². The summed E-state index contributed by atoms with van der Waals surface area (Å²) in [5.41, 5.74) is 0. The number of hydrogen-bond donors (Lipinski definition) is 0. The average Bonchev–Trinajstić information content (AvgIpc) is 2.63. The van der Waals surface area contributed by atoms with E-state index in [4.69, 9.17) is 16.3 Å². The lowest BCUT2D eigenvalue weighted by molar-refractivity contribution is 0.289. The maximum absolute atomic E-state index is 13.1. The van der Waals surface area contributed by atoms with Gasteiger partial charge in [0, 0.05) is 0 Å². The molecular weight excluding hydrogens is 239 g/mol. The van der Waals surface area contributed by atoms with Crippen LogP contribution >= 0.6 is 22.9 Å². The van der Waals surface area contributed by atoms with Crippen LogP contribution in [0.15, 0.2) is 24.3 Å². The normalized spacial score (nSPS) is 10.3. The number of rotatable bonds is 3. The predicted octanol–water partition coefficient (Wildman–Crippen LogP) is 2.91. The van der Waals surface area contributed by atoms with E-state index in [1.54, 1.807) is 18.2 Å². The summed E-state index contributed by atoms with van der Waals surface area (Å²) in [6, 6.07) is 6.19. The Morgan fingerprint density at radius 1 is 1.33 bits per heavy atom. The van der Waals surface area contributed by atoms with Crippen molar-refractivity contribution >= 4 is 22.9 Å². The summed E-state index contributed by atoms with van der Waals surface area (Å²) >= 11 is 6.80. The Balaban J connectivity index is 2.02. The molecule has 0 bridgehead atoms. The maximum atomic E-state index is 13.1. The number of nitrogens with zero attached hydrogens (tertiary/aromatic N) is 2. The molecule has 0 aliphatic heterocycles. The first-order chi connectivity index (χ1) is 7.25. The van der Waals surface area contributed by atoms with Crippen LogP contribution in [0.5, 0.6) is 5.75 Å². The topological polar surface area (TPSA) is 35.0 Å². The zero-order valence-electron chi connectivity index (χ0n) is 7.48. The van der Waals surface area contributed by atoms with E-state index in [2.05, 4.69) is 10.2 Å². The molecule has 15 heavy (non-hydrogen) atoms. The largest absolute Gasteiger partial charge is 0.483 e. The van der Waals surface area contributed by atoms with Gasteiger partial charge >= 0.3 is 0 Å². The second kappa shape index (κ2) is 4.55. The summed E-state index contributed by atoms with van der Waals surface area (Å²) in [4.78, 5) is 0. The van der Waals surface area contributed by atoms with E-state index < -0.39 is 5.82 Å². The van der Waals surface area contributed by atoms with E-state index in [0.717, 1.165) is 0 Å². The Kier molecular flexibility index (Phi) is 3.13. The van der Waals surface area contributed by atoms with Gasteiger partial charge in [-0.3, -0.25) is 0 Å². The summed E-state index contributed by atoms with van der Waals surface area (Å²) in [6.45, 7) is 0.172. The highest BCUT2D eigenvalue weighted by Gasteiger charge is 2.05. The molecule has 1 heterocycles. The third-order valence-electron chi connectivity index (χ3n) is 1.63. The van der Waals surface area contributed by atoms with Crippen molar-refractivity contribution in [3.05, 3.63) is 39.6 Å². The molecule has 0 atom stereocenters. The highest BCUT2D eigenvalue weighted by molar-refractivity contribution is 7.15. The molecule has 3 nitrogen and oxygen atoms in total. The summed E-state index contributed by atoms with van der Waals surface area (Å²) in [6.07, 6.45) is 0. The second-order valence-corrected chi connectivity index (χ2v) is 4.31. The van der Waals surface area contributed by atoms with Crippen LogP contribution in [0, 0.1) is 5.82 Å². The van der Waals surface area contributed by atoms with Gasteiger partial charge in [0.15, 0.2) is 16.6 Å². The van der Waals surface area contributed by atoms with Crippen molar-refractivity contribution in [3.8, 4) is 5.75 Å². The molecule has 0 aliphatic rings. The average molecular weight is 245 g/mol. The van der Waals surface area contributed by atoms with Crippen molar-refractivity contribution < 1.29 is 9.13 Å². The van der Waals surface area contributed by atoms with Gasteiger partial charge in [-0.1, -0.05) is 23.5 Å². The fourth-order valence-corrected chi connectivity index (χ4v) is 1.77. The molecule has 0 saturated heterocycles. The Labute approximate surface area is 94.5 Å². The lowest BCUT2D eigenvalue weighted by Gasteiger charge is -2.03. The van der Waals surface area contributed by atoms with E-state index in [9.17, 15) is 4.39 Å². The third-order valence-corrected chi connectivity index (χ3v) is 2.62. The molecule has 0 aliphatic carbocycles. The van der Waals surface area contributed by atoms with E-state index in [0.29, 0.717) is 9.47 Å². The molecule has 0 N–H and O–H groups in total. The molecule has 2 rings (SSSR count). The van der Waals surface area contributed by atoms with Gasteiger partial charge in [0.2, 0.25) is 4.47 Å². The van der Waals surface area contributed by atoms with Gasteiger partial charge in [-0.15, -0.1) is 10.2 Å². The van der Waals surface area contributed by atoms with Crippen molar-refractivity contribution in [2.45, 2.75) is 6.61 Å². The zero-order chi connectivity index (χ0) is 10.7. The fraction of sp³-hybridized carbons (Fsp3) is 0.111. The molecule has 78 valence electrons. The standard InChI is InChI=1S/C9H6ClFN2OS/c10-9-13-12-8(15-9)5-14-7-4-2-1-3-6(7)11/h1-4H,5H2. The fourth-order valence-electron chi connectivity index (χ4n) is 0.993. The van der Waals surface area contributed by atoms with Crippen molar-refractivity contribution in [1.29, 1.82) is 0 Å². The lowest BCUT2D eigenvalue weighted by atomic mass is 10.3. The van der Waals surface area contributed by atoms with Crippen molar-refractivity contribution in [1.82, 2.24) is 10.2 Å². The van der Waals surface area contributed by atoms with Crippen LogP contribution < -0.4 is 4.74 Å². The van der Waals surface area contributed by atoms with Crippen LogP contribution in [0.4, 0.5) is 4.39 Å². The van der Waals surface area contributed by atoms with Gasteiger partial charge in [0.25, 0.3) is 0 Å². The van der Waals surface area contributed by atoms with Gasteiger partial charge in [0.05, 0.1) is 0 Å². The van der Waals surface area contributed by atoms with Gasteiger partial charge in [-0.25, -0.2) is 4.39 Å². The van der Waals surface area contributed by atoms with Crippen LogP contribution in [-0.2, 0) is 6.61 Å². The first-order valence-electron chi connectivity index (χ1n) is 4.11. The summed E-state index contributed by atoms with van der Waals surface area (Å²) < 4.78 is 18.7. The van der Waals surface area contributed by atoms with E-state index in [1.165, 1.54) is 17.4 Å². The SMILES string of the molecule is Fc1ccccc1OCc1nnc(Cl)s1. The molecule has 0 saturated carbocycles. The Morgan fingerprint density at radius 2 is 2.13 bits per heavy atom. The Hall–Kier alpha value is -1.20. The molecule has 2 aromatic rings. The number of benzene rings is 1. The minimum atomic E-state index is -0.395. The van der Waals surface area contributed by atoms with Crippen molar-refractivity contribution in [3.63, 3.8) is 0 Å². The monoisotopic (exact) mass is 244 g/mol. The zero-order valence-corrected chi connectivity index (χ0v) is 9.06. The minimum absolute atomic E-state index is 0.172. The highest BCUT2D eigenvalue weighted by atomic mass is 35.5. The first kappa shape index (κ1) is 10.3. The van der Waals surface area contributed by atoms with E-state index >= 15 is 0 Å². The number of hydrogen-bond acceptors (Lipinski definition) is 4. The molecular formula is C9H6ClFN2OS. The maximum Gasteiger partial charge on any atom is 0.207 e. The molecule has 1 aromatic carbocycles. The number of ether oxygens (including phenoxy) is 1. The van der Waals surface area contributed by atoms with Crippen molar-refractivity contribution in [2.75, 3.05) is 0 Å². The van der Waals surface area contributed by atoms with Crippen molar-refractivity contribution in [2.24, 2.45) is 0 Å². The molecule has 0 unspecified atom stereocenters. The minimum Gasteiger partial charge on any atom is -0.483 e. The van der Waals surface area contributed by atoms with Gasteiger partial charge < -0.3 is 4.74 Å². The van der Waals surface area contributed by atoms with Gasteiger partial charge in [-0.05, 0) is 23.7 Å². The van der Waals surface area contributed by atoms with Gasteiger partial charge in [-0.2, -0.15) is 0 Å². The third kappa shape index (κ3) is 2.64. The summed E-state index contributed by atoms with van der Waals surface area (Å²) in [7, 11) is 0. The number of halogens is 2. The van der Waals surface area contributed by atoms with Crippen LogP contribution in [0.1, 0.15) is 5.01 Å². The van der Waals surface area contributed by atoms with Crippen LogP contribution in [0.2, 0.25) is 4.47 Å². The molecule has 0 amide bonds. The smallest absolute Gasteiger partial charge is 0.207 e. The second-order valence-electron chi connectivity index (χ2n) is 2.67. The van der Waals surface area contributed by atoms with E-state index in [-0.39, 0.29) is 12.4 Å². The molecule has 0 radical (unpaired) electrons. The lowest BCUT2D eigenvalue weighted by Crippen LogP contribution is -1.96. The molecule has 1 aromatic heterocycles. The quantitative estimate of drug-likeness (QED) is 0.833. The predicted molar refractivity (Wildman–Crippen MR) is 55.7 cm³/mol. The number of aromatic nitrogens is 2. The summed E-state index contributed by atoms with van der Waals surface area (Å²) in [5.74, 6) is -0.197. The highest BCUT2D eigenvalue weighted by Crippen LogP contribution is 2.19.